The zero-order chi connectivity index (χ0) is 23.8. The summed E-state index contributed by atoms with van der Waals surface area (Å²) in [6.45, 7) is 3.80. The average Bonchev–Trinajstić information content (AvgIpc) is 3.29. The monoisotopic (exact) mass is 506 g/mol. The van der Waals surface area contributed by atoms with Gasteiger partial charge in [0.1, 0.15) is 12.3 Å². The molecule has 0 spiro atoms. The van der Waals surface area contributed by atoms with Gasteiger partial charge >= 0.3 is 0 Å². The molecule has 0 radical (unpaired) electrons. The zero-order valence-electron chi connectivity index (χ0n) is 18.6. The van der Waals surface area contributed by atoms with Gasteiger partial charge in [0.2, 0.25) is 5.91 Å². The van der Waals surface area contributed by atoms with Crippen molar-refractivity contribution in [1.29, 1.82) is 0 Å². The predicted molar refractivity (Wildman–Crippen MR) is 134 cm³/mol. The van der Waals surface area contributed by atoms with Gasteiger partial charge in [-0.2, -0.15) is 11.8 Å². The SMILES string of the molecule is Cc1ccc(S(=O)(=O)N(CC(=O)NCCCSCc2ccco2)c2ccc(Cl)cc2C)cc1. The first-order valence-corrected chi connectivity index (χ1v) is 13.5. The summed E-state index contributed by atoms with van der Waals surface area (Å²) in [4.78, 5) is 12.8. The van der Waals surface area contributed by atoms with E-state index in [9.17, 15) is 13.2 Å². The molecule has 0 aliphatic carbocycles. The number of hydrogen-bond acceptors (Lipinski definition) is 5. The molecule has 1 heterocycles. The molecule has 9 heteroatoms. The van der Waals surface area contributed by atoms with Crippen LogP contribution in [0.4, 0.5) is 5.69 Å². The predicted octanol–water partition coefficient (Wildman–Crippen LogP) is 5.18. The number of benzene rings is 2. The van der Waals surface area contributed by atoms with E-state index in [2.05, 4.69) is 5.32 Å². The summed E-state index contributed by atoms with van der Waals surface area (Å²) in [6, 6.07) is 15.3. The third kappa shape index (κ3) is 7.03. The van der Waals surface area contributed by atoms with Crippen molar-refractivity contribution in [2.75, 3.05) is 23.1 Å². The number of amides is 1. The lowest BCUT2D eigenvalue weighted by atomic mass is 10.2. The number of furan rings is 1. The molecule has 3 aromatic rings. The number of anilines is 1. The molecule has 0 saturated carbocycles. The summed E-state index contributed by atoms with van der Waals surface area (Å²) >= 11 is 7.78. The first kappa shape index (κ1) is 25.2. The molecular formula is C24H27ClN2O4S2. The number of sulfonamides is 1. The van der Waals surface area contributed by atoms with Crippen LogP contribution in [0.1, 0.15) is 23.3 Å². The Kier molecular flexibility index (Phi) is 8.88. The van der Waals surface area contributed by atoms with E-state index in [0.29, 0.717) is 22.8 Å². The van der Waals surface area contributed by atoms with Gasteiger partial charge in [-0.25, -0.2) is 8.42 Å². The molecule has 1 aromatic heterocycles. The molecule has 1 N–H and O–H groups in total. The van der Waals surface area contributed by atoms with Gasteiger partial charge in [0, 0.05) is 11.6 Å². The van der Waals surface area contributed by atoms with Crippen molar-refractivity contribution in [3.8, 4) is 0 Å². The number of thioether (sulfide) groups is 1. The van der Waals surface area contributed by atoms with Crippen LogP contribution in [0.3, 0.4) is 0 Å². The number of nitrogens with zero attached hydrogens (tertiary/aromatic N) is 1. The molecule has 33 heavy (non-hydrogen) atoms. The minimum Gasteiger partial charge on any atom is -0.468 e. The van der Waals surface area contributed by atoms with E-state index in [4.69, 9.17) is 16.0 Å². The maximum absolute atomic E-state index is 13.4. The van der Waals surface area contributed by atoms with Gasteiger partial charge in [-0.3, -0.25) is 9.10 Å². The van der Waals surface area contributed by atoms with Crippen LogP contribution in [0, 0.1) is 13.8 Å². The normalized spacial score (nSPS) is 11.4. The topological polar surface area (TPSA) is 79.6 Å². The lowest BCUT2D eigenvalue weighted by Gasteiger charge is -2.26. The Morgan fingerprint density at radius 2 is 1.88 bits per heavy atom. The molecule has 3 rings (SSSR count). The van der Waals surface area contributed by atoms with Crippen LogP contribution in [-0.2, 0) is 20.6 Å². The summed E-state index contributed by atoms with van der Waals surface area (Å²) in [7, 11) is -3.95. The van der Waals surface area contributed by atoms with Crippen molar-refractivity contribution in [2.24, 2.45) is 0 Å². The van der Waals surface area contributed by atoms with Crippen LogP contribution >= 0.6 is 23.4 Å². The van der Waals surface area contributed by atoms with Crippen molar-refractivity contribution >= 4 is 45.0 Å². The Bertz CT molecular complexity index is 1160. The highest BCUT2D eigenvalue weighted by atomic mass is 35.5. The summed E-state index contributed by atoms with van der Waals surface area (Å²) in [6.07, 6.45) is 2.41. The summed E-state index contributed by atoms with van der Waals surface area (Å²) < 4.78 is 33.3. The molecule has 0 atom stereocenters. The van der Waals surface area contributed by atoms with E-state index in [1.54, 1.807) is 67.4 Å². The molecule has 0 unspecified atom stereocenters. The maximum Gasteiger partial charge on any atom is 0.264 e. The van der Waals surface area contributed by atoms with Gasteiger partial charge < -0.3 is 9.73 Å². The number of aryl methyl sites for hydroxylation is 2. The van der Waals surface area contributed by atoms with Gasteiger partial charge in [0.25, 0.3) is 10.0 Å². The van der Waals surface area contributed by atoms with Crippen LogP contribution in [0.2, 0.25) is 5.02 Å². The van der Waals surface area contributed by atoms with Crippen molar-refractivity contribution in [1.82, 2.24) is 5.32 Å². The number of halogens is 1. The van der Waals surface area contributed by atoms with E-state index < -0.39 is 10.0 Å². The molecule has 6 nitrogen and oxygen atoms in total. The van der Waals surface area contributed by atoms with Gasteiger partial charge in [-0.05, 0) is 74.0 Å². The van der Waals surface area contributed by atoms with E-state index in [1.807, 2.05) is 19.1 Å². The standard InChI is InChI=1S/C24H27ClN2O4S2/c1-18-6-9-22(10-7-18)33(29,30)27(23-11-8-20(25)15-19(23)2)16-24(28)26-12-4-14-32-17-21-5-3-13-31-21/h3,5-11,13,15H,4,12,14,16-17H2,1-2H3,(H,26,28). The first-order valence-electron chi connectivity index (χ1n) is 10.5. The number of carbonyl (C=O) groups excluding carboxylic acids is 1. The van der Waals surface area contributed by atoms with Crippen LogP contribution in [0.15, 0.2) is 70.2 Å². The summed E-state index contributed by atoms with van der Waals surface area (Å²) in [5.74, 6) is 2.18. The third-order valence-corrected chi connectivity index (χ3v) is 8.01. The minimum absolute atomic E-state index is 0.129. The molecule has 176 valence electrons. The lowest BCUT2D eigenvalue weighted by molar-refractivity contribution is -0.119. The fraction of sp³-hybridized carbons (Fsp3) is 0.292. The van der Waals surface area contributed by atoms with Crippen LogP contribution in [0.5, 0.6) is 0 Å². The minimum atomic E-state index is -3.95. The lowest BCUT2D eigenvalue weighted by Crippen LogP contribution is -2.41. The van der Waals surface area contributed by atoms with E-state index in [0.717, 1.165) is 33.6 Å². The molecular weight excluding hydrogens is 480 g/mol. The number of rotatable bonds is 11. The number of hydrogen-bond donors (Lipinski definition) is 1. The Labute approximate surface area is 204 Å². The Morgan fingerprint density at radius 3 is 2.55 bits per heavy atom. The van der Waals surface area contributed by atoms with E-state index in [1.165, 1.54) is 0 Å². The van der Waals surface area contributed by atoms with Crippen molar-refractivity contribution in [3.05, 3.63) is 82.8 Å². The summed E-state index contributed by atoms with van der Waals surface area (Å²) in [5.41, 5.74) is 2.04. The molecule has 1 amide bonds. The molecule has 0 aliphatic rings. The van der Waals surface area contributed by atoms with Gasteiger partial charge in [0.15, 0.2) is 0 Å². The molecule has 0 saturated heterocycles. The second kappa shape index (κ2) is 11.6. The molecule has 0 fully saturated rings. The van der Waals surface area contributed by atoms with Gasteiger partial charge in [-0.1, -0.05) is 29.3 Å². The highest BCUT2D eigenvalue weighted by molar-refractivity contribution is 7.98. The average molecular weight is 507 g/mol. The second-order valence-corrected chi connectivity index (χ2v) is 11.0. The largest absolute Gasteiger partial charge is 0.468 e. The molecule has 0 bridgehead atoms. The zero-order valence-corrected chi connectivity index (χ0v) is 21.0. The van der Waals surface area contributed by atoms with E-state index >= 15 is 0 Å². The highest BCUT2D eigenvalue weighted by Crippen LogP contribution is 2.29. The van der Waals surface area contributed by atoms with Crippen LogP contribution in [0.25, 0.3) is 0 Å². The smallest absolute Gasteiger partial charge is 0.264 e. The Balaban J connectivity index is 1.66. The fourth-order valence-corrected chi connectivity index (χ4v) is 5.76. The van der Waals surface area contributed by atoms with Crippen molar-refractivity contribution < 1.29 is 17.6 Å². The van der Waals surface area contributed by atoms with Gasteiger partial charge in [-0.15, -0.1) is 0 Å². The summed E-state index contributed by atoms with van der Waals surface area (Å²) in [5, 5.41) is 3.33. The quantitative estimate of drug-likeness (QED) is 0.362. The Hall–Kier alpha value is -2.42. The fourth-order valence-electron chi connectivity index (χ4n) is 3.19. The second-order valence-electron chi connectivity index (χ2n) is 7.59. The maximum atomic E-state index is 13.4. The molecule has 2 aromatic carbocycles. The first-order chi connectivity index (χ1) is 15.8. The van der Waals surface area contributed by atoms with E-state index in [-0.39, 0.29) is 17.3 Å². The van der Waals surface area contributed by atoms with Crippen molar-refractivity contribution in [3.63, 3.8) is 0 Å². The number of carbonyl (C=O) groups is 1. The third-order valence-electron chi connectivity index (χ3n) is 4.94. The van der Waals surface area contributed by atoms with Crippen LogP contribution < -0.4 is 9.62 Å². The number of nitrogens with one attached hydrogen (secondary N) is 1. The van der Waals surface area contributed by atoms with Crippen LogP contribution in [-0.4, -0.2) is 33.2 Å². The highest BCUT2D eigenvalue weighted by Gasteiger charge is 2.28. The van der Waals surface area contributed by atoms with Crippen molar-refractivity contribution in [2.45, 2.75) is 30.9 Å². The molecule has 0 aliphatic heterocycles. The van der Waals surface area contributed by atoms with Gasteiger partial charge in [0.05, 0.1) is 22.6 Å². The Morgan fingerprint density at radius 1 is 1.12 bits per heavy atom.